The van der Waals surface area contributed by atoms with Crippen molar-refractivity contribution in [3.63, 3.8) is 0 Å². The minimum Gasteiger partial charge on any atom is -0.337 e. The van der Waals surface area contributed by atoms with Crippen LogP contribution in [0.2, 0.25) is 0 Å². The highest BCUT2D eigenvalue weighted by atomic mass is 16.2. The van der Waals surface area contributed by atoms with E-state index in [1.807, 2.05) is 38.1 Å². The lowest BCUT2D eigenvalue weighted by Crippen LogP contribution is -2.36. The Morgan fingerprint density at radius 2 is 1.96 bits per heavy atom. The molecular formula is C22H22N4O2. The second-order valence-electron chi connectivity index (χ2n) is 6.77. The topological polar surface area (TPSA) is 79.0 Å². The highest BCUT2D eigenvalue weighted by Crippen LogP contribution is 2.12. The Balaban J connectivity index is 1.82. The summed E-state index contributed by atoms with van der Waals surface area (Å²) in [6.45, 7) is 4.89. The predicted molar refractivity (Wildman–Crippen MR) is 108 cm³/mol. The summed E-state index contributed by atoms with van der Waals surface area (Å²) in [5, 5.41) is 9.43. The summed E-state index contributed by atoms with van der Waals surface area (Å²) in [6.07, 6.45) is 2.26. The second kappa shape index (κ2) is 8.49. The van der Waals surface area contributed by atoms with E-state index in [0.717, 1.165) is 17.5 Å². The molecule has 0 N–H and O–H groups in total. The second-order valence-corrected chi connectivity index (χ2v) is 6.77. The molecule has 0 saturated heterocycles. The molecule has 0 aliphatic heterocycles. The standard InChI is InChI=1S/C22H22N4O2/c1-3-11-25(13-18-9-7-17(12-23)8-10-18)20(27)14-26-15-24-21-16(2)5-4-6-19(21)22(26)28/h4-10,15H,3,11,13-14H2,1-2H3. The summed E-state index contributed by atoms with van der Waals surface area (Å²) in [4.78, 5) is 31.7. The van der Waals surface area contributed by atoms with Gasteiger partial charge in [-0.15, -0.1) is 0 Å². The number of carbonyl (C=O) groups is 1. The molecule has 2 aromatic carbocycles. The average Bonchev–Trinajstić information content (AvgIpc) is 2.70. The van der Waals surface area contributed by atoms with Crippen molar-refractivity contribution in [1.82, 2.24) is 14.5 Å². The van der Waals surface area contributed by atoms with Gasteiger partial charge in [0.05, 0.1) is 28.9 Å². The number of benzene rings is 2. The van der Waals surface area contributed by atoms with Gasteiger partial charge in [-0.25, -0.2) is 4.98 Å². The largest absolute Gasteiger partial charge is 0.337 e. The first-order chi connectivity index (χ1) is 13.5. The molecule has 6 nitrogen and oxygen atoms in total. The van der Waals surface area contributed by atoms with Crippen molar-refractivity contribution < 1.29 is 4.79 Å². The fourth-order valence-electron chi connectivity index (χ4n) is 3.16. The van der Waals surface area contributed by atoms with Gasteiger partial charge in [-0.05, 0) is 42.7 Å². The van der Waals surface area contributed by atoms with E-state index in [2.05, 4.69) is 11.1 Å². The van der Waals surface area contributed by atoms with Crippen molar-refractivity contribution in [2.45, 2.75) is 33.4 Å². The first kappa shape index (κ1) is 19.3. The molecule has 6 heteroatoms. The zero-order valence-corrected chi connectivity index (χ0v) is 16.1. The summed E-state index contributed by atoms with van der Waals surface area (Å²) in [5.41, 5.74) is 2.92. The lowest BCUT2D eigenvalue weighted by molar-refractivity contribution is -0.132. The summed E-state index contributed by atoms with van der Waals surface area (Å²) in [7, 11) is 0. The fourth-order valence-corrected chi connectivity index (χ4v) is 3.16. The SMILES string of the molecule is CCCN(Cc1ccc(C#N)cc1)C(=O)Cn1cnc2c(C)cccc2c1=O. The molecule has 0 atom stereocenters. The van der Waals surface area contributed by atoms with Crippen molar-refractivity contribution in [2.75, 3.05) is 6.54 Å². The van der Waals surface area contributed by atoms with Crippen LogP contribution in [-0.2, 0) is 17.9 Å². The van der Waals surface area contributed by atoms with E-state index < -0.39 is 0 Å². The maximum Gasteiger partial charge on any atom is 0.261 e. The molecule has 28 heavy (non-hydrogen) atoms. The Labute approximate surface area is 163 Å². The monoisotopic (exact) mass is 374 g/mol. The molecule has 1 aromatic heterocycles. The van der Waals surface area contributed by atoms with Crippen LogP contribution in [0.5, 0.6) is 0 Å². The molecule has 0 radical (unpaired) electrons. The number of nitrogens with zero attached hydrogens (tertiary/aromatic N) is 4. The predicted octanol–water partition coefficient (Wildman–Crippen LogP) is 3.02. The van der Waals surface area contributed by atoms with Crippen LogP contribution in [0.25, 0.3) is 10.9 Å². The van der Waals surface area contributed by atoms with Crippen LogP contribution in [-0.4, -0.2) is 26.9 Å². The molecule has 0 aliphatic rings. The first-order valence-corrected chi connectivity index (χ1v) is 9.25. The summed E-state index contributed by atoms with van der Waals surface area (Å²) >= 11 is 0. The van der Waals surface area contributed by atoms with Gasteiger partial charge < -0.3 is 4.90 Å². The van der Waals surface area contributed by atoms with Crippen LogP contribution in [0.4, 0.5) is 0 Å². The van der Waals surface area contributed by atoms with E-state index in [0.29, 0.717) is 29.6 Å². The Morgan fingerprint density at radius 3 is 2.64 bits per heavy atom. The number of para-hydroxylation sites is 1. The van der Waals surface area contributed by atoms with Gasteiger partial charge in [-0.2, -0.15) is 5.26 Å². The van der Waals surface area contributed by atoms with E-state index in [1.165, 1.54) is 10.9 Å². The summed E-state index contributed by atoms with van der Waals surface area (Å²) in [5.74, 6) is -0.137. The number of carbonyl (C=O) groups excluding carboxylic acids is 1. The molecular weight excluding hydrogens is 352 g/mol. The maximum absolute atomic E-state index is 12.9. The van der Waals surface area contributed by atoms with E-state index in [4.69, 9.17) is 5.26 Å². The van der Waals surface area contributed by atoms with Gasteiger partial charge in [-0.1, -0.05) is 31.2 Å². The molecule has 142 valence electrons. The molecule has 0 bridgehead atoms. The highest BCUT2D eigenvalue weighted by Gasteiger charge is 2.16. The molecule has 0 fully saturated rings. The van der Waals surface area contributed by atoms with Gasteiger partial charge in [0.1, 0.15) is 6.54 Å². The van der Waals surface area contributed by atoms with Crippen molar-refractivity contribution in [1.29, 1.82) is 5.26 Å². The Kier molecular flexibility index (Phi) is 5.85. The van der Waals surface area contributed by atoms with E-state index in [9.17, 15) is 9.59 Å². The summed E-state index contributed by atoms with van der Waals surface area (Å²) in [6, 6.07) is 14.7. The molecule has 0 unspecified atom stereocenters. The smallest absolute Gasteiger partial charge is 0.261 e. The first-order valence-electron chi connectivity index (χ1n) is 9.25. The van der Waals surface area contributed by atoms with Crippen LogP contribution in [0.3, 0.4) is 0 Å². The van der Waals surface area contributed by atoms with E-state index in [-0.39, 0.29) is 18.0 Å². The van der Waals surface area contributed by atoms with Crippen LogP contribution >= 0.6 is 0 Å². The van der Waals surface area contributed by atoms with Gasteiger partial charge in [0.25, 0.3) is 5.56 Å². The number of aromatic nitrogens is 2. The fraction of sp³-hybridized carbons (Fsp3) is 0.273. The Bertz CT molecular complexity index is 1090. The molecule has 1 heterocycles. The van der Waals surface area contributed by atoms with E-state index in [1.54, 1.807) is 23.1 Å². The Hall–Kier alpha value is -3.46. The third kappa shape index (κ3) is 4.09. The van der Waals surface area contributed by atoms with E-state index >= 15 is 0 Å². The van der Waals surface area contributed by atoms with Crippen LogP contribution < -0.4 is 5.56 Å². The van der Waals surface area contributed by atoms with Crippen molar-refractivity contribution in [2.24, 2.45) is 0 Å². The zero-order chi connectivity index (χ0) is 20.1. The Morgan fingerprint density at radius 1 is 1.21 bits per heavy atom. The van der Waals surface area contributed by atoms with Crippen molar-refractivity contribution in [3.05, 3.63) is 75.8 Å². The molecule has 1 amide bonds. The van der Waals surface area contributed by atoms with Gasteiger partial charge >= 0.3 is 0 Å². The molecule has 0 saturated carbocycles. The van der Waals surface area contributed by atoms with Crippen molar-refractivity contribution >= 4 is 16.8 Å². The minimum absolute atomic E-state index is 0.0496. The number of amides is 1. The lowest BCUT2D eigenvalue weighted by Gasteiger charge is -2.23. The third-order valence-corrected chi connectivity index (χ3v) is 4.66. The van der Waals surface area contributed by atoms with Gasteiger partial charge in [0.15, 0.2) is 0 Å². The minimum atomic E-state index is -0.211. The maximum atomic E-state index is 12.9. The number of hydrogen-bond acceptors (Lipinski definition) is 4. The number of aryl methyl sites for hydroxylation is 1. The van der Waals surface area contributed by atoms with Crippen LogP contribution in [0.1, 0.15) is 30.0 Å². The van der Waals surface area contributed by atoms with Crippen LogP contribution in [0.15, 0.2) is 53.6 Å². The van der Waals surface area contributed by atoms with Gasteiger partial charge in [0.2, 0.25) is 5.91 Å². The number of rotatable bonds is 6. The number of nitriles is 1. The molecule has 0 spiro atoms. The van der Waals surface area contributed by atoms with Gasteiger partial charge in [0, 0.05) is 13.1 Å². The quantitative estimate of drug-likeness (QED) is 0.664. The van der Waals surface area contributed by atoms with Gasteiger partial charge in [-0.3, -0.25) is 14.2 Å². The molecule has 3 aromatic rings. The number of fused-ring (bicyclic) bond motifs is 1. The normalized spacial score (nSPS) is 10.6. The highest BCUT2D eigenvalue weighted by molar-refractivity contribution is 5.81. The van der Waals surface area contributed by atoms with Crippen LogP contribution in [0, 0.1) is 18.3 Å². The molecule has 3 rings (SSSR count). The lowest BCUT2D eigenvalue weighted by atomic mass is 10.1. The van der Waals surface area contributed by atoms with Crippen molar-refractivity contribution in [3.8, 4) is 6.07 Å². The third-order valence-electron chi connectivity index (χ3n) is 4.66. The summed E-state index contributed by atoms with van der Waals surface area (Å²) < 4.78 is 1.37. The zero-order valence-electron chi connectivity index (χ0n) is 16.1. The molecule has 0 aliphatic carbocycles. The average molecular weight is 374 g/mol. The number of hydrogen-bond donors (Lipinski definition) is 0.